The van der Waals surface area contributed by atoms with Crippen molar-refractivity contribution in [3.63, 3.8) is 0 Å². The first-order valence-corrected chi connectivity index (χ1v) is 7.26. The third-order valence-corrected chi connectivity index (χ3v) is 4.36. The maximum atomic E-state index is 12.0. The molecule has 1 amide bonds. The summed E-state index contributed by atoms with van der Waals surface area (Å²) in [4.78, 5) is 13.6. The Balaban J connectivity index is 2.12. The molecule has 2 N–H and O–H groups in total. The van der Waals surface area contributed by atoms with Crippen LogP contribution in [0.15, 0.2) is 23.6 Å². The number of nitrogen functional groups attached to an aromatic ring is 1. The lowest BCUT2D eigenvalue weighted by Gasteiger charge is -2.30. The van der Waals surface area contributed by atoms with Crippen LogP contribution in [0, 0.1) is 11.3 Å². The van der Waals surface area contributed by atoms with Gasteiger partial charge in [0.05, 0.1) is 11.3 Å². The topological polar surface area (TPSA) is 79.3 Å². The monoisotopic (exact) mass is 299 g/mol. The highest BCUT2D eigenvalue weighted by Gasteiger charge is 2.29. The zero-order chi connectivity index (χ0) is 15.1. The number of carbonyl (C=O) groups excluding carboxylic acids is 1. The van der Waals surface area contributed by atoms with Gasteiger partial charge >= 0.3 is 0 Å². The van der Waals surface area contributed by atoms with Crippen LogP contribution in [0.4, 0.5) is 10.7 Å². The summed E-state index contributed by atoms with van der Waals surface area (Å²) >= 11 is 1.33. The summed E-state index contributed by atoms with van der Waals surface area (Å²) in [5, 5.41) is 11.6. The number of nitriles is 1. The molecular weight excluding hydrogens is 286 g/mol. The van der Waals surface area contributed by atoms with Crippen molar-refractivity contribution >= 4 is 27.9 Å². The molecule has 1 aliphatic rings. The van der Waals surface area contributed by atoms with Gasteiger partial charge in [0, 0.05) is 18.0 Å². The largest absolute Gasteiger partial charge is 0.479 e. The van der Waals surface area contributed by atoms with Gasteiger partial charge < -0.3 is 15.4 Å². The van der Waals surface area contributed by atoms with Crippen LogP contribution in [0.1, 0.15) is 12.5 Å². The van der Waals surface area contributed by atoms with Gasteiger partial charge in [0.2, 0.25) is 0 Å². The molecular formula is C15H13N3O2S. The molecule has 0 bridgehead atoms. The van der Waals surface area contributed by atoms with E-state index in [-0.39, 0.29) is 5.91 Å². The molecule has 0 saturated heterocycles. The van der Waals surface area contributed by atoms with Crippen molar-refractivity contribution in [2.45, 2.75) is 13.0 Å². The lowest BCUT2D eigenvalue weighted by atomic mass is 10.0. The first-order valence-electron chi connectivity index (χ1n) is 6.38. The van der Waals surface area contributed by atoms with Gasteiger partial charge in [-0.2, -0.15) is 5.26 Å². The Hall–Kier alpha value is -2.52. The van der Waals surface area contributed by atoms with E-state index in [1.807, 2.05) is 23.6 Å². The van der Waals surface area contributed by atoms with Crippen molar-refractivity contribution in [1.29, 1.82) is 5.26 Å². The number of thiophene rings is 1. The van der Waals surface area contributed by atoms with Crippen molar-refractivity contribution in [3.05, 3.63) is 29.1 Å². The van der Waals surface area contributed by atoms with Crippen LogP contribution in [-0.4, -0.2) is 19.1 Å². The van der Waals surface area contributed by atoms with E-state index in [2.05, 4.69) is 6.07 Å². The highest BCUT2D eigenvalue weighted by molar-refractivity contribution is 7.14. The average molecular weight is 299 g/mol. The van der Waals surface area contributed by atoms with E-state index in [1.165, 1.54) is 11.3 Å². The summed E-state index contributed by atoms with van der Waals surface area (Å²) in [6.45, 7) is 1.73. The zero-order valence-electron chi connectivity index (χ0n) is 11.6. The second-order valence-corrected chi connectivity index (χ2v) is 5.75. The van der Waals surface area contributed by atoms with Crippen molar-refractivity contribution in [2.24, 2.45) is 0 Å². The van der Waals surface area contributed by atoms with E-state index >= 15 is 0 Å². The Morgan fingerprint density at radius 3 is 2.95 bits per heavy atom. The minimum absolute atomic E-state index is 0.0926. The Kier molecular flexibility index (Phi) is 3.07. The van der Waals surface area contributed by atoms with E-state index in [0.29, 0.717) is 22.0 Å². The standard InChI is InChI=1S/C15H13N3O2S/c1-8-15(19)18(2)12-5-9(3-4-13(12)20-8)11-7-21-14(17)10(11)6-16/h3-5,7-8H,17H2,1-2H3. The Labute approximate surface area is 126 Å². The molecule has 1 aliphatic heterocycles. The van der Waals surface area contributed by atoms with Crippen molar-refractivity contribution < 1.29 is 9.53 Å². The Morgan fingerprint density at radius 1 is 1.48 bits per heavy atom. The molecule has 0 spiro atoms. The number of rotatable bonds is 1. The van der Waals surface area contributed by atoms with Crippen LogP contribution in [-0.2, 0) is 4.79 Å². The SMILES string of the molecule is CC1Oc2ccc(-c3csc(N)c3C#N)cc2N(C)C1=O. The second-order valence-electron chi connectivity index (χ2n) is 4.84. The molecule has 6 heteroatoms. The molecule has 3 rings (SSSR count). The number of carbonyl (C=O) groups is 1. The summed E-state index contributed by atoms with van der Waals surface area (Å²) in [5.74, 6) is 0.569. The molecule has 0 aliphatic carbocycles. The summed E-state index contributed by atoms with van der Waals surface area (Å²) in [6.07, 6.45) is -0.486. The summed E-state index contributed by atoms with van der Waals surface area (Å²) < 4.78 is 5.59. The number of ether oxygens (including phenoxy) is 1. The van der Waals surface area contributed by atoms with Gasteiger partial charge in [-0.3, -0.25) is 4.79 Å². The summed E-state index contributed by atoms with van der Waals surface area (Å²) in [5.41, 5.74) is 8.59. The summed E-state index contributed by atoms with van der Waals surface area (Å²) in [7, 11) is 1.72. The Bertz CT molecular complexity index is 776. The van der Waals surface area contributed by atoms with E-state index in [0.717, 1.165) is 11.1 Å². The van der Waals surface area contributed by atoms with E-state index in [1.54, 1.807) is 18.9 Å². The molecule has 0 saturated carbocycles. The predicted octanol–water partition coefficient (Wildman–Crippen LogP) is 2.61. The quantitative estimate of drug-likeness (QED) is 0.877. The van der Waals surface area contributed by atoms with Gasteiger partial charge in [-0.1, -0.05) is 6.07 Å². The minimum atomic E-state index is -0.486. The number of benzene rings is 1. The number of anilines is 2. The molecule has 5 nitrogen and oxygen atoms in total. The van der Waals surface area contributed by atoms with E-state index < -0.39 is 6.10 Å². The highest BCUT2D eigenvalue weighted by atomic mass is 32.1. The fraction of sp³-hybridized carbons (Fsp3) is 0.200. The van der Waals surface area contributed by atoms with Gasteiger partial charge in [0.15, 0.2) is 6.10 Å². The van der Waals surface area contributed by atoms with Crippen molar-refractivity contribution in [3.8, 4) is 22.9 Å². The molecule has 1 aromatic heterocycles. The molecule has 1 atom stereocenters. The molecule has 2 heterocycles. The molecule has 106 valence electrons. The van der Waals surface area contributed by atoms with Crippen LogP contribution in [0.25, 0.3) is 11.1 Å². The molecule has 1 unspecified atom stereocenters. The molecule has 0 fully saturated rings. The number of fused-ring (bicyclic) bond motifs is 1. The van der Waals surface area contributed by atoms with Crippen LogP contribution < -0.4 is 15.4 Å². The van der Waals surface area contributed by atoms with E-state index in [9.17, 15) is 10.1 Å². The zero-order valence-corrected chi connectivity index (χ0v) is 12.4. The minimum Gasteiger partial charge on any atom is -0.479 e. The van der Waals surface area contributed by atoms with Crippen LogP contribution in [0.2, 0.25) is 0 Å². The number of nitrogens with two attached hydrogens (primary N) is 1. The maximum Gasteiger partial charge on any atom is 0.267 e. The fourth-order valence-electron chi connectivity index (χ4n) is 2.38. The molecule has 1 aromatic carbocycles. The Morgan fingerprint density at radius 2 is 2.24 bits per heavy atom. The fourth-order valence-corrected chi connectivity index (χ4v) is 3.15. The number of likely N-dealkylation sites (N-methyl/N-ethyl adjacent to an activating group) is 1. The first kappa shape index (κ1) is 13.5. The smallest absolute Gasteiger partial charge is 0.267 e. The van der Waals surface area contributed by atoms with Crippen molar-refractivity contribution in [1.82, 2.24) is 0 Å². The third kappa shape index (κ3) is 2.03. The number of nitrogens with zero attached hydrogens (tertiary/aromatic N) is 2. The molecule has 21 heavy (non-hydrogen) atoms. The van der Waals surface area contributed by atoms with Crippen LogP contribution in [0.5, 0.6) is 5.75 Å². The predicted molar refractivity (Wildman–Crippen MR) is 82.4 cm³/mol. The van der Waals surface area contributed by atoms with Gasteiger partial charge in [-0.15, -0.1) is 11.3 Å². The number of amides is 1. The lowest BCUT2D eigenvalue weighted by molar-refractivity contribution is -0.125. The molecule has 2 aromatic rings. The van der Waals surface area contributed by atoms with Crippen LogP contribution in [0.3, 0.4) is 0 Å². The summed E-state index contributed by atoms with van der Waals surface area (Å²) in [6, 6.07) is 7.66. The third-order valence-electron chi connectivity index (χ3n) is 3.54. The van der Waals surface area contributed by atoms with E-state index in [4.69, 9.17) is 10.5 Å². The number of hydrogen-bond donors (Lipinski definition) is 1. The van der Waals surface area contributed by atoms with Gasteiger partial charge in [-0.25, -0.2) is 0 Å². The van der Waals surface area contributed by atoms with Gasteiger partial charge in [0.25, 0.3) is 5.91 Å². The second kappa shape index (κ2) is 4.79. The van der Waals surface area contributed by atoms with Crippen LogP contribution >= 0.6 is 11.3 Å². The van der Waals surface area contributed by atoms with Crippen molar-refractivity contribution in [2.75, 3.05) is 17.7 Å². The normalized spacial score (nSPS) is 17.1. The molecule has 0 radical (unpaired) electrons. The first-order chi connectivity index (χ1) is 10.0. The maximum absolute atomic E-state index is 12.0. The number of hydrogen-bond acceptors (Lipinski definition) is 5. The van der Waals surface area contributed by atoms with Gasteiger partial charge in [-0.05, 0) is 24.6 Å². The van der Waals surface area contributed by atoms with Gasteiger partial charge in [0.1, 0.15) is 16.8 Å². The highest BCUT2D eigenvalue weighted by Crippen LogP contribution is 2.39. The average Bonchev–Trinajstić information content (AvgIpc) is 2.85. The lowest BCUT2D eigenvalue weighted by Crippen LogP contribution is -2.41.